The Balaban J connectivity index is 1.44. The molecule has 5 rings (SSSR count). The average molecular weight is 556 g/mol. The SMILES string of the molecule is COc1ccc(C=C2CCCC3C2=NN(C(=O)COC(=O)c2ccccc2[N+](=O)[O-])C3c2ccc(OC)cc2)cc1. The molecule has 0 aromatic heterocycles. The van der Waals surface area contributed by atoms with Gasteiger partial charge in [-0.05, 0) is 72.4 Å². The van der Waals surface area contributed by atoms with Crippen molar-refractivity contribution in [3.05, 3.63) is 105 Å². The zero-order valence-electron chi connectivity index (χ0n) is 22.7. The molecular weight excluding hydrogens is 526 g/mol. The van der Waals surface area contributed by atoms with Gasteiger partial charge in [0, 0.05) is 12.0 Å². The number of hydrogen-bond acceptors (Lipinski definition) is 8. The van der Waals surface area contributed by atoms with Crippen LogP contribution in [0.3, 0.4) is 0 Å². The molecular formula is C31H29N3O7. The van der Waals surface area contributed by atoms with Crippen LogP contribution in [0.2, 0.25) is 0 Å². The van der Waals surface area contributed by atoms with Gasteiger partial charge in [-0.15, -0.1) is 0 Å². The van der Waals surface area contributed by atoms with E-state index >= 15 is 0 Å². The predicted octanol–water partition coefficient (Wildman–Crippen LogP) is 5.59. The third-order valence-electron chi connectivity index (χ3n) is 7.32. The van der Waals surface area contributed by atoms with Crippen molar-refractivity contribution in [2.24, 2.45) is 11.0 Å². The second-order valence-electron chi connectivity index (χ2n) is 9.73. The summed E-state index contributed by atoms with van der Waals surface area (Å²) in [5, 5.41) is 17.5. The maximum absolute atomic E-state index is 13.5. The average Bonchev–Trinajstić information content (AvgIpc) is 3.41. The van der Waals surface area contributed by atoms with Gasteiger partial charge in [0.15, 0.2) is 6.61 Å². The number of nitro benzene ring substituents is 1. The highest BCUT2D eigenvalue weighted by molar-refractivity contribution is 6.08. The maximum atomic E-state index is 13.5. The molecule has 1 amide bonds. The van der Waals surface area contributed by atoms with Gasteiger partial charge in [0.2, 0.25) is 0 Å². The first kappa shape index (κ1) is 27.6. The molecule has 0 spiro atoms. The van der Waals surface area contributed by atoms with Crippen molar-refractivity contribution >= 4 is 29.4 Å². The zero-order chi connectivity index (χ0) is 28.9. The molecule has 3 aromatic rings. The molecule has 1 saturated carbocycles. The van der Waals surface area contributed by atoms with Gasteiger partial charge >= 0.3 is 5.97 Å². The summed E-state index contributed by atoms with van der Waals surface area (Å²) >= 11 is 0. The van der Waals surface area contributed by atoms with E-state index in [0.717, 1.165) is 47.4 Å². The molecule has 1 aliphatic heterocycles. The van der Waals surface area contributed by atoms with Crippen molar-refractivity contribution in [3.8, 4) is 11.5 Å². The molecule has 210 valence electrons. The number of nitro groups is 1. The Labute approximate surface area is 237 Å². The number of esters is 1. The monoisotopic (exact) mass is 555 g/mol. The predicted molar refractivity (Wildman–Crippen MR) is 152 cm³/mol. The lowest BCUT2D eigenvalue weighted by atomic mass is 9.77. The van der Waals surface area contributed by atoms with Crippen LogP contribution in [-0.2, 0) is 9.53 Å². The minimum atomic E-state index is -0.948. The number of ether oxygens (including phenoxy) is 3. The van der Waals surface area contributed by atoms with Crippen LogP contribution in [0.5, 0.6) is 11.5 Å². The Kier molecular flexibility index (Phi) is 8.09. The van der Waals surface area contributed by atoms with E-state index < -0.39 is 29.4 Å². The summed E-state index contributed by atoms with van der Waals surface area (Å²) in [5.74, 6) is -0.0811. The zero-order valence-corrected chi connectivity index (χ0v) is 22.7. The van der Waals surface area contributed by atoms with Crippen LogP contribution >= 0.6 is 0 Å². The summed E-state index contributed by atoms with van der Waals surface area (Å²) in [6.07, 6.45) is 4.64. The second kappa shape index (κ2) is 12.0. The van der Waals surface area contributed by atoms with E-state index in [1.165, 1.54) is 29.3 Å². The number of methoxy groups -OCH3 is 2. The molecule has 0 bridgehead atoms. The number of carbonyl (C=O) groups excluding carboxylic acids is 2. The molecule has 41 heavy (non-hydrogen) atoms. The van der Waals surface area contributed by atoms with Crippen LogP contribution in [0.25, 0.3) is 6.08 Å². The molecule has 0 radical (unpaired) electrons. The molecule has 1 fully saturated rings. The number of para-hydroxylation sites is 1. The van der Waals surface area contributed by atoms with Crippen molar-refractivity contribution < 1.29 is 28.7 Å². The van der Waals surface area contributed by atoms with Gasteiger partial charge in [0.25, 0.3) is 11.6 Å². The maximum Gasteiger partial charge on any atom is 0.345 e. The van der Waals surface area contributed by atoms with Crippen molar-refractivity contribution in [1.29, 1.82) is 0 Å². The molecule has 3 aromatic carbocycles. The minimum absolute atomic E-state index is 0.0588. The van der Waals surface area contributed by atoms with Crippen molar-refractivity contribution in [1.82, 2.24) is 5.01 Å². The van der Waals surface area contributed by atoms with Gasteiger partial charge in [0.1, 0.15) is 17.1 Å². The number of fused-ring (bicyclic) bond motifs is 1. The first-order valence-corrected chi connectivity index (χ1v) is 13.2. The second-order valence-corrected chi connectivity index (χ2v) is 9.73. The Morgan fingerprint density at radius 2 is 1.66 bits per heavy atom. The van der Waals surface area contributed by atoms with E-state index in [1.54, 1.807) is 14.2 Å². The van der Waals surface area contributed by atoms with E-state index in [4.69, 9.17) is 19.3 Å². The lowest BCUT2D eigenvalue weighted by molar-refractivity contribution is -0.385. The number of allylic oxidation sites excluding steroid dienone is 1. The highest BCUT2D eigenvalue weighted by Crippen LogP contribution is 2.44. The van der Waals surface area contributed by atoms with Crippen molar-refractivity contribution in [2.45, 2.75) is 25.3 Å². The number of rotatable bonds is 8. The highest BCUT2D eigenvalue weighted by atomic mass is 16.6. The number of carbonyl (C=O) groups is 2. The number of hydrogen-bond donors (Lipinski definition) is 0. The lowest BCUT2D eigenvalue weighted by Gasteiger charge is -2.29. The summed E-state index contributed by atoms with van der Waals surface area (Å²) in [6, 6.07) is 20.3. The number of hydrazone groups is 1. The minimum Gasteiger partial charge on any atom is -0.497 e. The van der Waals surface area contributed by atoms with Gasteiger partial charge in [-0.3, -0.25) is 14.9 Å². The Bertz CT molecular complexity index is 1510. The van der Waals surface area contributed by atoms with Gasteiger partial charge in [-0.1, -0.05) is 36.4 Å². The van der Waals surface area contributed by atoms with Crippen LogP contribution in [0, 0.1) is 16.0 Å². The quantitative estimate of drug-likeness (QED) is 0.202. The third-order valence-corrected chi connectivity index (χ3v) is 7.32. The van der Waals surface area contributed by atoms with Gasteiger partial charge in [-0.25, -0.2) is 9.80 Å². The van der Waals surface area contributed by atoms with E-state index in [2.05, 4.69) is 6.08 Å². The van der Waals surface area contributed by atoms with Crippen LogP contribution < -0.4 is 9.47 Å². The molecule has 2 unspecified atom stereocenters. The standard InChI is InChI=1S/C31H29N3O7/c1-39-23-14-10-20(11-15-23)18-22-6-5-8-26-29(22)32-33(30(26)21-12-16-24(40-2)17-13-21)28(35)19-41-31(36)25-7-3-4-9-27(25)34(37)38/h3-4,7,9-18,26,30H,5-6,8,19H2,1-2H3. The molecule has 1 aliphatic carbocycles. The Morgan fingerprint density at radius 1 is 1.00 bits per heavy atom. The fourth-order valence-electron chi connectivity index (χ4n) is 5.32. The number of nitrogens with zero attached hydrogens (tertiary/aromatic N) is 3. The fraction of sp³-hybridized carbons (Fsp3) is 0.258. The summed E-state index contributed by atoms with van der Waals surface area (Å²) in [6.45, 7) is -0.613. The molecule has 10 nitrogen and oxygen atoms in total. The number of amides is 1. The lowest BCUT2D eigenvalue weighted by Crippen LogP contribution is -2.34. The van der Waals surface area contributed by atoms with Gasteiger partial charge in [0.05, 0.1) is 30.9 Å². The topological polar surface area (TPSA) is 121 Å². The summed E-state index contributed by atoms with van der Waals surface area (Å²) < 4.78 is 15.8. The smallest absolute Gasteiger partial charge is 0.345 e. The normalized spacial score (nSPS) is 18.8. The van der Waals surface area contributed by atoms with Crippen molar-refractivity contribution in [2.75, 3.05) is 20.8 Å². The highest BCUT2D eigenvalue weighted by Gasteiger charge is 2.44. The molecule has 0 N–H and O–H groups in total. The molecule has 2 atom stereocenters. The first-order chi connectivity index (χ1) is 19.9. The van der Waals surface area contributed by atoms with Gasteiger partial charge in [-0.2, -0.15) is 5.10 Å². The molecule has 1 heterocycles. The third kappa shape index (κ3) is 5.81. The van der Waals surface area contributed by atoms with Crippen LogP contribution in [0.15, 0.2) is 83.5 Å². The van der Waals surface area contributed by atoms with E-state index in [-0.39, 0.29) is 17.2 Å². The first-order valence-electron chi connectivity index (χ1n) is 13.2. The fourth-order valence-corrected chi connectivity index (χ4v) is 5.32. The Morgan fingerprint density at radius 3 is 2.32 bits per heavy atom. The largest absolute Gasteiger partial charge is 0.497 e. The molecule has 10 heteroatoms. The molecule has 2 aliphatic rings. The number of benzene rings is 3. The summed E-state index contributed by atoms with van der Waals surface area (Å²) in [4.78, 5) is 36.9. The van der Waals surface area contributed by atoms with Crippen LogP contribution in [0.4, 0.5) is 5.69 Å². The summed E-state index contributed by atoms with van der Waals surface area (Å²) in [5.41, 5.74) is 3.13. The Hall–Kier alpha value is -4.99. The van der Waals surface area contributed by atoms with E-state index in [0.29, 0.717) is 5.75 Å². The van der Waals surface area contributed by atoms with E-state index in [9.17, 15) is 19.7 Å². The van der Waals surface area contributed by atoms with Gasteiger partial charge < -0.3 is 14.2 Å². The molecule has 0 saturated heterocycles. The van der Waals surface area contributed by atoms with Crippen molar-refractivity contribution in [3.63, 3.8) is 0 Å². The van der Waals surface area contributed by atoms with Crippen LogP contribution in [0.1, 0.15) is 46.8 Å². The van der Waals surface area contributed by atoms with Crippen LogP contribution in [-0.4, -0.2) is 48.3 Å². The van der Waals surface area contributed by atoms with E-state index in [1.807, 2.05) is 48.5 Å². The summed E-state index contributed by atoms with van der Waals surface area (Å²) in [7, 11) is 3.21.